The predicted molar refractivity (Wildman–Crippen MR) is 142 cm³/mol. The number of urea groups is 1. The Morgan fingerprint density at radius 2 is 1.53 bits per heavy atom. The van der Waals surface area contributed by atoms with E-state index in [2.05, 4.69) is 25.8 Å². The Balaban J connectivity index is 1.63. The van der Waals surface area contributed by atoms with E-state index in [9.17, 15) is 4.79 Å². The quantitative estimate of drug-likeness (QED) is 0.220. The van der Waals surface area contributed by atoms with Crippen LogP contribution >= 0.6 is 23.2 Å². The topological polar surface area (TPSA) is 97.7 Å². The number of aromatic nitrogens is 2. The van der Waals surface area contributed by atoms with Gasteiger partial charge in [0.15, 0.2) is 11.5 Å². The highest BCUT2D eigenvalue weighted by Crippen LogP contribution is 2.33. The van der Waals surface area contributed by atoms with Crippen molar-refractivity contribution in [3.8, 4) is 34.0 Å². The third kappa shape index (κ3) is 6.29. The molecule has 0 atom stereocenters. The minimum atomic E-state index is -0.611. The van der Waals surface area contributed by atoms with Crippen molar-refractivity contribution in [3.05, 3.63) is 88.4 Å². The van der Waals surface area contributed by atoms with Crippen LogP contribution in [0.25, 0.3) is 22.5 Å². The maximum atomic E-state index is 12.5. The second-order valence-corrected chi connectivity index (χ2v) is 8.29. The Hall–Kier alpha value is -4.14. The lowest BCUT2D eigenvalue weighted by molar-refractivity contribution is 0.252. The standard InChI is InChI=1S/C26H21Cl2N5O3/c1-35-23-11-8-18(13-24(23)36-2)22-14-21(17-6-9-19(27)10-7-17)30-25(31-22)32-26(34)33-29-15-16-4-3-5-20(28)12-16/h3-15H,1-2H3,(H2,30,31,32,33,34)/b29-15-. The number of hydrogen-bond acceptors (Lipinski definition) is 6. The van der Waals surface area contributed by atoms with Crippen LogP contribution in [0.3, 0.4) is 0 Å². The lowest BCUT2D eigenvalue weighted by atomic mass is 10.1. The average molecular weight is 522 g/mol. The molecule has 0 aliphatic heterocycles. The Morgan fingerprint density at radius 1 is 0.833 bits per heavy atom. The van der Waals surface area contributed by atoms with E-state index >= 15 is 0 Å². The number of rotatable bonds is 7. The van der Waals surface area contributed by atoms with Crippen LogP contribution in [0.2, 0.25) is 10.0 Å². The molecule has 0 fully saturated rings. The predicted octanol–water partition coefficient (Wildman–Crippen LogP) is 6.29. The fourth-order valence-electron chi connectivity index (χ4n) is 3.30. The van der Waals surface area contributed by atoms with Gasteiger partial charge >= 0.3 is 6.03 Å². The SMILES string of the molecule is COc1ccc(-c2cc(-c3ccc(Cl)cc3)nc(NC(=O)N/N=C\c3cccc(Cl)c3)n2)cc1OC. The number of benzene rings is 3. The van der Waals surface area contributed by atoms with Crippen LogP contribution in [0.1, 0.15) is 5.56 Å². The van der Waals surface area contributed by atoms with Gasteiger partial charge in [0, 0.05) is 21.2 Å². The summed E-state index contributed by atoms with van der Waals surface area (Å²) in [5.41, 5.74) is 5.83. The highest BCUT2D eigenvalue weighted by Gasteiger charge is 2.13. The van der Waals surface area contributed by atoms with E-state index in [0.717, 1.165) is 16.7 Å². The van der Waals surface area contributed by atoms with E-state index in [1.165, 1.54) is 6.21 Å². The number of methoxy groups -OCH3 is 2. The first-order chi connectivity index (χ1) is 17.4. The number of hydrazone groups is 1. The van der Waals surface area contributed by atoms with Crippen LogP contribution < -0.4 is 20.2 Å². The molecule has 3 aromatic carbocycles. The highest BCUT2D eigenvalue weighted by atomic mass is 35.5. The number of hydrogen-bond donors (Lipinski definition) is 2. The average Bonchev–Trinajstić information content (AvgIpc) is 2.88. The molecule has 0 radical (unpaired) electrons. The molecule has 2 amide bonds. The van der Waals surface area contributed by atoms with E-state index in [1.54, 1.807) is 56.7 Å². The molecule has 182 valence electrons. The molecular weight excluding hydrogens is 501 g/mol. The van der Waals surface area contributed by atoms with Crippen LogP contribution in [0.5, 0.6) is 11.5 Å². The van der Waals surface area contributed by atoms with Crippen molar-refractivity contribution in [3.63, 3.8) is 0 Å². The molecular formula is C26H21Cl2N5O3. The number of nitrogens with one attached hydrogen (secondary N) is 2. The normalized spacial score (nSPS) is 10.8. The monoisotopic (exact) mass is 521 g/mol. The first kappa shape index (κ1) is 25.0. The fraction of sp³-hybridized carbons (Fsp3) is 0.0769. The van der Waals surface area contributed by atoms with Gasteiger partial charge < -0.3 is 9.47 Å². The van der Waals surface area contributed by atoms with Crippen molar-refractivity contribution < 1.29 is 14.3 Å². The summed E-state index contributed by atoms with van der Waals surface area (Å²) >= 11 is 12.0. The van der Waals surface area contributed by atoms with Gasteiger partial charge in [0.05, 0.1) is 31.8 Å². The van der Waals surface area contributed by atoms with Crippen LogP contribution in [-0.4, -0.2) is 36.4 Å². The zero-order valence-corrected chi connectivity index (χ0v) is 20.8. The molecule has 1 aromatic heterocycles. The van der Waals surface area contributed by atoms with E-state index < -0.39 is 6.03 Å². The van der Waals surface area contributed by atoms with Crippen molar-refractivity contribution in [2.24, 2.45) is 5.10 Å². The molecule has 0 spiro atoms. The van der Waals surface area contributed by atoms with Crippen LogP contribution in [0, 0.1) is 0 Å². The van der Waals surface area contributed by atoms with E-state index in [-0.39, 0.29) is 5.95 Å². The summed E-state index contributed by atoms with van der Waals surface area (Å²) in [6.07, 6.45) is 1.48. The zero-order chi connectivity index (χ0) is 25.5. The molecule has 0 saturated carbocycles. The maximum absolute atomic E-state index is 12.5. The number of halogens is 2. The summed E-state index contributed by atoms with van der Waals surface area (Å²) in [4.78, 5) is 21.5. The van der Waals surface area contributed by atoms with Gasteiger partial charge in [0.25, 0.3) is 0 Å². The molecule has 2 N–H and O–H groups in total. The second-order valence-electron chi connectivity index (χ2n) is 7.42. The van der Waals surface area contributed by atoms with Crippen molar-refractivity contribution in [2.75, 3.05) is 19.5 Å². The number of nitrogens with zero attached hydrogens (tertiary/aromatic N) is 3. The number of carbonyl (C=O) groups excluding carboxylic acids is 1. The largest absolute Gasteiger partial charge is 0.493 e. The maximum Gasteiger partial charge on any atom is 0.342 e. The smallest absolute Gasteiger partial charge is 0.342 e. The van der Waals surface area contributed by atoms with E-state index in [0.29, 0.717) is 32.9 Å². The van der Waals surface area contributed by atoms with Crippen molar-refractivity contribution >= 4 is 41.4 Å². The van der Waals surface area contributed by atoms with E-state index in [1.807, 2.05) is 30.3 Å². The van der Waals surface area contributed by atoms with Gasteiger partial charge in [-0.3, -0.25) is 5.32 Å². The summed E-state index contributed by atoms with van der Waals surface area (Å²) < 4.78 is 10.7. The number of anilines is 1. The molecule has 36 heavy (non-hydrogen) atoms. The number of ether oxygens (including phenoxy) is 2. The molecule has 8 nitrogen and oxygen atoms in total. The summed E-state index contributed by atoms with van der Waals surface area (Å²) in [6.45, 7) is 0. The Bertz CT molecular complexity index is 1410. The minimum absolute atomic E-state index is 0.0858. The Morgan fingerprint density at radius 3 is 2.22 bits per heavy atom. The molecule has 0 aliphatic rings. The van der Waals surface area contributed by atoms with Gasteiger partial charge in [-0.2, -0.15) is 5.10 Å². The summed E-state index contributed by atoms with van der Waals surface area (Å²) in [6, 6.07) is 20.9. The van der Waals surface area contributed by atoms with Gasteiger partial charge in [-0.25, -0.2) is 20.2 Å². The summed E-state index contributed by atoms with van der Waals surface area (Å²) in [5, 5.41) is 7.74. The molecule has 0 unspecified atom stereocenters. The highest BCUT2D eigenvalue weighted by molar-refractivity contribution is 6.31. The third-order valence-electron chi connectivity index (χ3n) is 5.00. The lowest BCUT2D eigenvalue weighted by Gasteiger charge is -2.12. The Kier molecular flexibility index (Phi) is 7.99. The first-order valence-electron chi connectivity index (χ1n) is 10.7. The van der Waals surface area contributed by atoms with Crippen LogP contribution in [-0.2, 0) is 0 Å². The molecule has 4 rings (SSSR count). The van der Waals surface area contributed by atoms with Crippen molar-refractivity contribution in [1.82, 2.24) is 15.4 Å². The van der Waals surface area contributed by atoms with Crippen LogP contribution in [0.15, 0.2) is 77.9 Å². The molecule has 10 heteroatoms. The molecule has 4 aromatic rings. The van der Waals surface area contributed by atoms with Gasteiger partial charge in [-0.05, 0) is 54.1 Å². The second kappa shape index (κ2) is 11.5. The molecule has 1 heterocycles. The van der Waals surface area contributed by atoms with E-state index in [4.69, 9.17) is 32.7 Å². The zero-order valence-electron chi connectivity index (χ0n) is 19.3. The Labute approximate surface area is 217 Å². The molecule has 0 bridgehead atoms. The number of carbonyl (C=O) groups is 1. The fourth-order valence-corrected chi connectivity index (χ4v) is 3.62. The number of amides is 2. The van der Waals surface area contributed by atoms with Crippen LogP contribution in [0.4, 0.5) is 10.7 Å². The summed E-state index contributed by atoms with van der Waals surface area (Å²) in [7, 11) is 3.12. The van der Waals surface area contributed by atoms with Gasteiger partial charge in [-0.1, -0.05) is 47.5 Å². The third-order valence-corrected chi connectivity index (χ3v) is 5.49. The van der Waals surface area contributed by atoms with Gasteiger partial charge in [-0.15, -0.1) is 0 Å². The lowest BCUT2D eigenvalue weighted by Crippen LogP contribution is -2.25. The minimum Gasteiger partial charge on any atom is -0.493 e. The van der Waals surface area contributed by atoms with Gasteiger partial charge in [0.2, 0.25) is 5.95 Å². The van der Waals surface area contributed by atoms with Gasteiger partial charge in [0.1, 0.15) is 0 Å². The molecule has 0 saturated heterocycles. The summed E-state index contributed by atoms with van der Waals surface area (Å²) in [5.74, 6) is 1.22. The first-order valence-corrected chi connectivity index (χ1v) is 11.4. The van der Waals surface area contributed by atoms with Crippen molar-refractivity contribution in [2.45, 2.75) is 0 Å². The molecule has 0 aliphatic carbocycles. The van der Waals surface area contributed by atoms with Crippen molar-refractivity contribution in [1.29, 1.82) is 0 Å².